The molecule has 3 rings (SSSR count). The summed E-state index contributed by atoms with van der Waals surface area (Å²) in [5, 5.41) is 0. The number of amides is 1. The van der Waals surface area contributed by atoms with Crippen LogP contribution in [0.25, 0.3) is 0 Å². The average Bonchev–Trinajstić information content (AvgIpc) is 2.62. The summed E-state index contributed by atoms with van der Waals surface area (Å²) in [5.74, 6) is -2.65. The van der Waals surface area contributed by atoms with Crippen LogP contribution in [0, 0.1) is 17.6 Å². The van der Waals surface area contributed by atoms with Crippen molar-refractivity contribution in [3.05, 3.63) is 29.8 Å². The highest BCUT2D eigenvalue weighted by molar-refractivity contribution is 7.85. The molecule has 0 radical (unpaired) electrons. The number of nitrogens with one attached hydrogen (secondary N) is 1. The van der Waals surface area contributed by atoms with Crippen LogP contribution >= 0.6 is 0 Å². The van der Waals surface area contributed by atoms with Crippen molar-refractivity contribution in [2.24, 2.45) is 5.92 Å². The van der Waals surface area contributed by atoms with E-state index >= 15 is 0 Å². The van der Waals surface area contributed by atoms with Gasteiger partial charge in [-0.3, -0.25) is 4.90 Å². The first kappa shape index (κ1) is 19.8. The number of benzene rings is 1. The summed E-state index contributed by atoms with van der Waals surface area (Å²) in [7, 11) is -4.64. The van der Waals surface area contributed by atoms with E-state index in [-0.39, 0.29) is 12.5 Å². The van der Waals surface area contributed by atoms with Crippen molar-refractivity contribution < 1.29 is 30.9 Å². The van der Waals surface area contributed by atoms with Gasteiger partial charge in [0.05, 0.1) is 6.61 Å². The Morgan fingerprint density at radius 1 is 1.19 bits per heavy atom. The van der Waals surface area contributed by atoms with Crippen LogP contribution in [0.4, 0.5) is 13.6 Å². The molecule has 0 bridgehead atoms. The van der Waals surface area contributed by atoms with Crippen molar-refractivity contribution in [2.45, 2.75) is 38.1 Å². The van der Waals surface area contributed by atoms with E-state index in [0.717, 1.165) is 50.9 Å². The van der Waals surface area contributed by atoms with Gasteiger partial charge in [-0.1, -0.05) is 6.42 Å². The van der Waals surface area contributed by atoms with Crippen LogP contribution in [-0.2, 0) is 15.0 Å². The van der Waals surface area contributed by atoms with Gasteiger partial charge in [-0.15, -0.1) is 0 Å². The summed E-state index contributed by atoms with van der Waals surface area (Å²) in [6.07, 6.45) is 4.08. The summed E-state index contributed by atoms with van der Waals surface area (Å²) in [5.41, 5.74) is 0. The fraction of sp³-hybridized carbons (Fsp3) is 0.588. The van der Waals surface area contributed by atoms with Crippen LogP contribution < -0.4 is 8.91 Å². The normalized spacial score (nSPS) is 23.3. The second-order valence-electron chi connectivity index (χ2n) is 6.81. The molecule has 2 saturated heterocycles. The molecule has 7 nitrogen and oxygen atoms in total. The number of piperidine rings is 2. The van der Waals surface area contributed by atoms with E-state index in [4.69, 9.17) is 4.74 Å². The lowest BCUT2D eigenvalue weighted by Crippen LogP contribution is -2.49. The van der Waals surface area contributed by atoms with E-state index in [9.17, 15) is 22.0 Å². The minimum atomic E-state index is -4.64. The maximum atomic E-state index is 13.5. The summed E-state index contributed by atoms with van der Waals surface area (Å²) < 4.78 is 61.1. The predicted molar refractivity (Wildman–Crippen MR) is 92.3 cm³/mol. The minimum absolute atomic E-state index is 0.105. The van der Waals surface area contributed by atoms with Crippen LogP contribution in [0.2, 0.25) is 0 Å². The molecule has 2 fully saturated rings. The Balaban J connectivity index is 1.52. The van der Waals surface area contributed by atoms with E-state index in [1.54, 1.807) is 4.72 Å². The highest BCUT2D eigenvalue weighted by atomic mass is 32.2. The molecule has 10 heteroatoms. The molecule has 0 saturated carbocycles. The standard InChI is InChI=1S/C17H22F2N2O5S/c18-13-6-7-16(14(19)10-13)26-27(23,24)20-17(22)25-11-12-4-3-9-21-8-2-1-5-15(12)21/h6-7,10,12,15H,1-5,8-9,11H2,(H,20,22)/t12-,15-/m0/s1. The monoisotopic (exact) mass is 404 g/mol. The molecule has 1 amide bonds. The summed E-state index contributed by atoms with van der Waals surface area (Å²) >= 11 is 0. The third kappa shape index (κ3) is 5.29. The lowest BCUT2D eigenvalue weighted by molar-refractivity contribution is 0.0244. The van der Waals surface area contributed by atoms with Gasteiger partial charge in [0, 0.05) is 18.0 Å². The predicted octanol–water partition coefficient (Wildman–Crippen LogP) is 2.58. The molecule has 0 spiro atoms. The largest absolute Gasteiger partial charge is 0.448 e. The van der Waals surface area contributed by atoms with Crippen LogP contribution in [0.5, 0.6) is 5.75 Å². The molecule has 1 N–H and O–H groups in total. The first-order valence-electron chi connectivity index (χ1n) is 8.92. The van der Waals surface area contributed by atoms with Crippen molar-refractivity contribution in [3.8, 4) is 5.75 Å². The number of nitrogens with zero attached hydrogens (tertiary/aromatic N) is 1. The Labute approximate surface area is 156 Å². The van der Waals surface area contributed by atoms with Gasteiger partial charge in [0.15, 0.2) is 11.6 Å². The molecule has 27 heavy (non-hydrogen) atoms. The van der Waals surface area contributed by atoms with Gasteiger partial charge in [-0.2, -0.15) is 13.1 Å². The van der Waals surface area contributed by atoms with E-state index in [2.05, 4.69) is 9.08 Å². The van der Waals surface area contributed by atoms with Gasteiger partial charge in [0.1, 0.15) is 5.82 Å². The summed E-state index contributed by atoms with van der Waals surface area (Å²) in [6, 6.07) is 2.48. The molecule has 0 unspecified atom stereocenters. The highest BCUT2D eigenvalue weighted by Gasteiger charge is 2.34. The molecule has 2 heterocycles. The zero-order valence-corrected chi connectivity index (χ0v) is 15.5. The maximum absolute atomic E-state index is 13.5. The molecule has 2 aliphatic heterocycles. The lowest BCUT2D eigenvalue weighted by atomic mass is 9.84. The Bertz CT molecular complexity index is 788. The second-order valence-corrected chi connectivity index (χ2v) is 8.09. The van der Waals surface area contributed by atoms with Gasteiger partial charge in [0.2, 0.25) is 0 Å². The molecule has 1 aromatic carbocycles. The van der Waals surface area contributed by atoms with Crippen molar-refractivity contribution >= 4 is 16.4 Å². The number of hydrogen-bond acceptors (Lipinski definition) is 6. The Morgan fingerprint density at radius 2 is 1.96 bits per heavy atom. The number of fused-ring (bicyclic) bond motifs is 1. The molecule has 0 aromatic heterocycles. The number of ether oxygens (including phenoxy) is 1. The van der Waals surface area contributed by atoms with Gasteiger partial charge in [-0.05, 0) is 50.9 Å². The Hall–Kier alpha value is -1.94. The maximum Gasteiger partial charge on any atom is 0.423 e. The van der Waals surface area contributed by atoms with Crippen LogP contribution in [0.3, 0.4) is 0 Å². The van der Waals surface area contributed by atoms with Crippen LogP contribution in [0.1, 0.15) is 32.1 Å². The molecule has 2 atom stereocenters. The highest BCUT2D eigenvalue weighted by Crippen LogP contribution is 2.31. The Kier molecular flexibility index (Phi) is 6.15. The lowest BCUT2D eigenvalue weighted by Gasteiger charge is -2.44. The van der Waals surface area contributed by atoms with Crippen molar-refractivity contribution in [3.63, 3.8) is 0 Å². The molecule has 2 aliphatic rings. The molecule has 150 valence electrons. The third-order valence-corrected chi connectivity index (χ3v) is 5.77. The average molecular weight is 404 g/mol. The summed E-state index contributed by atoms with van der Waals surface area (Å²) in [4.78, 5) is 14.2. The van der Waals surface area contributed by atoms with Gasteiger partial charge < -0.3 is 8.92 Å². The van der Waals surface area contributed by atoms with E-state index in [0.29, 0.717) is 12.1 Å². The number of hydrogen-bond donors (Lipinski definition) is 1. The second kappa shape index (κ2) is 8.39. The van der Waals surface area contributed by atoms with Gasteiger partial charge in [0.25, 0.3) is 0 Å². The fourth-order valence-electron chi connectivity index (χ4n) is 3.77. The number of rotatable bonds is 5. The molecule has 1 aromatic rings. The minimum Gasteiger partial charge on any atom is -0.448 e. The SMILES string of the molecule is O=C(NS(=O)(=O)Oc1ccc(F)cc1F)OC[C@@H]1CCCN2CCCC[C@@H]12. The smallest absolute Gasteiger partial charge is 0.423 e. The third-order valence-electron chi connectivity index (χ3n) is 4.96. The van der Waals surface area contributed by atoms with E-state index in [1.807, 2.05) is 0 Å². The van der Waals surface area contributed by atoms with Gasteiger partial charge in [-0.25, -0.2) is 13.6 Å². The van der Waals surface area contributed by atoms with Crippen LogP contribution in [-0.4, -0.2) is 45.1 Å². The van der Waals surface area contributed by atoms with Crippen LogP contribution in [0.15, 0.2) is 18.2 Å². The Morgan fingerprint density at radius 3 is 2.74 bits per heavy atom. The van der Waals surface area contributed by atoms with Gasteiger partial charge >= 0.3 is 16.4 Å². The quantitative estimate of drug-likeness (QED) is 0.812. The zero-order chi connectivity index (χ0) is 19.4. The number of halogens is 2. The van der Waals surface area contributed by atoms with Crippen molar-refractivity contribution in [1.82, 2.24) is 9.62 Å². The molecular formula is C17H22F2N2O5S. The number of carbonyl (C=O) groups is 1. The summed E-state index contributed by atoms with van der Waals surface area (Å²) in [6.45, 7) is 2.19. The molecular weight excluding hydrogens is 382 g/mol. The molecule has 0 aliphatic carbocycles. The topological polar surface area (TPSA) is 84.9 Å². The first-order chi connectivity index (χ1) is 12.8. The zero-order valence-electron chi connectivity index (χ0n) is 14.7. The first-order valence-corrected chi connectivity index (χ1v) is 10.3. The number of carbonyl (C=O) groups excluding carboxylic acids is 1. The fourth-order valence-corrected chi connectivity index (χ4v) is 4.44. The van der Waals surface area contributed by atoms with Crippen molar-refractivity contribution in [2.75, 3.05) is 19.7 Å². The van der Waals surface area contributed by atoms with E-state index in [1.165, 1.54) is 6.42 Å². The van der Waals surface area contributed by atoms with E-state index < -0.39 is 33.8 Å². The van der Waals surface area contributed by atoms with Crippen molar-refractivity contribution in [1.29, 1.82) is 0 Å².